The zero-order valence-electron chi connectivity index (χ0n) is 9.17. The summed E-state index contributed by atoms with van der Waals surface area (Å²) in [7, 11) is 0. The number of rotatable bonds is 5. The van der Waals surface area contributed by atoms with Crippen LogP contribution in [0.1, 0.15) is 18.6 Å². The molecule has 6 heteroatoms. The summed E-state index contributed by atoms with van der Waals surface area (Å²) in [5.74, 6) is -0.677. The van der Waals surface area contributed by atoms with Gasteiger partial charge in [0.25, 0.3) is 5.69 Å². The number of alkyl halides is 1. The van der Waals surface area contributed by atoms with Crippen molar-refractivity contribution in [2.45, 2.75) is 13.0 Å². The van der Waals surface area contributed by atoms with Crippen LogP contribution >= 0.6 is 15.9 Å². The number of halogens is 1. The smallest absolute Gasteiger partial charge is 0.269 e. The van der Waals surface area contributed by atoms with E-state index >= 15 is 0 Å². The lowest BCUT2D eigenvalue weighted by atomic mass is 9.94. The van der Waals surface area contributed by atoms with E-state index in [9.17, 15) is 20.0 Å². The van der Waals surface area contributed by atoms with Gasteiger partial charge in [-0.05, 0) is 24.6 Å². The lowest BCUT2D eigenvalue weighted by molar-refractivity contribution is -0.384. The van der Waals surface area contributed by atoms with E-state index in [4.69, 9.17) is 0 Å². The van der Waals surface area contributed by atoms with Gasteiger partial charge >= 0.3 is 0 Å². The molecule has 1 rings (SSSR count). The molecule has 0 heterocycles. The molecule has 0 bridgehead atoms. The third kappa shape index (κ3) is 3.34. The first-order chi connectivity index (χ1) is 7.97. The summed E-state index contributed by atoms with van der Waals surface area (Å²) < 4.78 is 0. The van der Waals surface area contributed by atoms with Gasteiger partial charge in [0.15, 0.2) is 0 Å². The molecule has 1 aromatic carbocycles. The molecule has 0 fully saturated rings. The number of non-ortho nitro benzene ring substituents is 1. The number of nitro groups is 1. The van der Waals surface area contributed by atoms with Crippen LogP contribution in [0.15, 0.2) is 24.3 Å². The Bertz CT molecular complexity index is 418. The maximum absolute atomic E-state index is 11.3. The largest absolute Gasteiger partial charge is 0.388 e. The quantitative estimate of drug-likeness (QED) is 0.514. The van der Waals surface area contributed by atoms with Crippen molar-refractivity contribution in [3.8, 4) is 0 Å². The minimum atomic E-state index is -0.951. The molecular formula is C11H12BrNO4. The van der Waals surface area contributed by atoms with Gasteiger partial charge in [-0.15, -0.1) is 0 Å². The molecule has 2 atom stereocenters. The fourth-order valence-electron chi connectivity index (χ4n) is 1.44. The first kappa shape index (κ1) is 13.8. The van der Waals surface area contributed by atoms with Crippen molar-refractivity contribution in [2.24, 2.45) is 5.92 Å². The molecule has 92 valence electrons. The van der Waals surface area contributed by atoms with E-state index in [1.807, 2.05) is 0 Å². The van der Waals surface area contributed by atoms with Gasteiger partial charge in [-0.1, -0.05) is 15.9 Å². The molecule has 0 radical (unpaired) electrons. The number of hydrogen-bond acceptors (Lipinski definition) is 4. The molecule has 0 aromatic heterocycles. The molecule has 0 aliphatic heterocycles. The summed E-state index contributed by atoms with van der Waals surface area (Å²) in [5.41, 5.74) is 0.453. The first-order valence-electron chi connectivity index (χ1n) is 4.96. The van der Waals surface area contributed by atoms with E-state index in [0.717, 1.165) is 0 Å². The number of aliphatic hydroxyl groups is 1. The first-order valence-corrected chi connectivity index (χ1v) is 6.08. The molecule has 0 amide bonds. The van der Waals surface area contributed by atoms with Gasteiger partial charge in [-0.25, -0.2) is 0 Å². The number of carbonyl (C=O) groups excluding carboxylic acids is 1. The fraction of sp³-hybridized carbons (Fsp3) is 0.364. The van der Waals surface area contributed by atoms with Gasteiger partial charge in [0, 0.05) is 17.5 Å². The minimum Gasteiger partial charge on any atom is -0.388 e. The van der Waals surface area contributed by atoms with Crippen LogP contribution < -0.4 is 0 Å². The van der Waals surface area contributed by atoms with Crippen LogP contribution in [0.25, 0.3) is 0 Å². The molecule has 0 aliphatic rings. The Morgan fingerprint density at radius 3 is 2.35 bits per heavy atom. The Morgan fingerprint density at radius 1 is 1.47 bits per heavy atom. The van der Waals surface area contributed by atoms with E-state index < -0.39 is 16.9 Å². The average molecular weight is 302 g/mol. The van der Waals surface area contributed by atoms with Gasteiger partial charge in [-0.2, -0.15) is 0 Å². The number of benzene rings is 1. The van der Waals surface area contributed by atoms with Crippen LogP contribution in [0, 0.1) is 16.0 Å². The monoisotopic (exact) mass is 301 g/mol. The zero-order chi connectivity index (χ0) is 13.0. The molecule has 0 saturated heterocycles. The Hall–Kier alpha value is -1.27. The third-order valence-electron chi connectivity index (χ3n) is 2.51. The van der Waals surface area contributed by atoms with Crippen molar-refractivity contribution in [2.75, 3.05) is 5.33 Å². The van der Waals surface area contributed by atoms with E-state index in [2.05, 4.69) is 15.9 Å². The van der Waals surface area contributed by atoms with Crippen LogP contribution in [0.3, 0.4) is 0 Å². The van der Waals surface area contributed by atoms with Gasteiger partial charge < -0.3 is 5.11 Å². The Labute approximate surface area is 107 Å². The molecule has 0 spiro atoms. The van der Waals surface area contributed by atoms with E-state index in [1.165, 1.54) is 31.2 Å². The predicted molar refractivity (Wildman–Crippen MR) is 66.0 cm³/mol. The number of nitro benzene ring substituents is 1. The highest BCUT2D eigenvalue weighted by Gasteiger charge is 2.24. The fourth-order valence-corrected chi connectivity index (χ4v) is 2.25. The van der Waals surface area contributed by atoms with Crippen LogP contribution in [0.5, 0.6) is 0 Å². The van der Waals surface area contributed by atoms with Crippen molar-refractivity contribution in [1.82, 2.24) is 0 Å². The second kappa shape index (κ2) is 5.88. The highest BCUT2D eigenvalue weighted by molar-refractivity contribution is 9.09. The van der Waals surface area contributed by atoms with Crippen LogP contribution in [0.4, 0.5) is 5.69 Å². The topological polar surface area (TPSA) is 80.4 Å². The van der Waals surface area contributed by atoms with Gasteiger partial charge in [0.05, 0.1) is 16.9 Å². The predicted octanol–water partition coefficient (Wildman–Crippen LogP) is 2.23. The molecular weight excluding hydrogens is 290 g/mol. The molecule has 0 saturated carbocycles. The summed E-state index contributed by atoms with van der Waals surface area (Å²) in [6.45, 7) is 1.40. The summed E-state index contributed by atoms with van der Waals surface area (Å²) in [5, 5.41) is 20.8. The van der Waals surface area contributed by atoms with E-state index in [-0.39, 0.29) is 11.5 Å². The van der Waals surface area contributed by atoms with Crippen molar-refractivity contribution < 1.29 is 14.8 Å². The highest BCUT2D eigenvalue weighted by atomic mass is 79.9. The zero-order valence-corrected chi connectivity index (χ0v) is 10.8. The molecule has 1 aromatic rings. The summed E-state index contributed by atoms with van der Waals surface area (Å²) in [6.07, 6.45) is -0.951. The number of ketones is 1. The summed E-state index contributed by atoms with van der Waals surface area (Å²) >= 11 is 3.16. The molecule has 0 aliphatic carbocycles. The summed E-state index contributed by atoms with van der Waals surface area (Å²) in [6, 6.07) is 5.54. The van der Waals surface area contributed by atoms with Gasteiger partial charge in [0.1, 0.15) is 5.78 Å². The van der Waals surface area contributed by atoms with Crippen molar-refractivity contribution in [3.05, 3.63) is 39.9 Å². The van der Waals surface area contributed by atoms with Crippen LogP contribution in [-0.2, 0) is 4.79 Å². The maximum atomic E-state index is 11.3. The van der Waals surface area contributed by atoms with E-state index in [0.29, 0.717) is 10.9 Å². The molecule has 17 heavy (non-hydrogen) atoms. The van der Waals surface area contributed by atoms with Gasteiger partial charge in [-0.3, -0.25) is 14.9 Å². The highest BCUT2D eigenvalue weighted by Crippen LogP contribution is 2.26. The number of Topliss-reactive ketones (excluding diaryl/α,β-unsaturated/α-hetero) is 1. The second-order valence-electron chi connectivity index (χ2n) is 3.66. The van der Waals surface area contributed by atoms with Crippen molar-refractivity contribution >= 4 is 27.4 Å². The van der Waals surface area contributed by atoms with Crippen LogP contribution in [-0.4, -0.2) is 21.1 Å². The number of aliphatic hydroxyl groups excluding tert-OH is 1. The second-order valence-corrected chi connectivity index (χ2v) is 4.31. The molecule has 1 N–H and O–H groups in total. The Kier molecular flexibility index (Phi) is 4.77. The number of nitrogens with zero attached hydrogens (tertiary/aromatic N) is 1. The normalized spacial score (nSPS) is 14.1. The van der Waals surface area contributed by atoms with Crippen molar-refractivity contribution in [3.63, 3.8) is 0 Å². The SMILES string of the molecule is CC(=O)[C@H](CBr)[C@H](O)c1ccc([N+](=O)[O-])cc1. The lowest BCUT2D eigenvalue weighted by Crippen LogP contribution is -2.21. The van der Waals surface area contributed by atoms with Crippen LogP contribution in [0.2, 0.25) is 0 Å². The van der Waals surface area contributed by atoms with Gasteiger partial charge in [0.2, 0.25) is 0 Å². The summed E-state index contributed by atoms with van der Waals surface area (Å²) in [4.78, 5) is 21.2. The third-order valence-corrected chi connectivity index (χ3v) is 3.21. The lowest BCUT2D eigenvalue weighted by Gasteiger charge is -2.18. The number of hydrogen-bond donors (Lipinski definition) is 1. The average Bonchev–Trinajstić information content (AvgIpc) is 2.29. The molecule has 0 unspecified atom stereocenters. The minimum absolute atomic E-state index is 0.0424. The number of carbonyl (C=O) groups is 1. The molecule has 5 nitrogen and oxygen atoms in total. The Morgan fingerprint density at radius 2 is 2.00 bits per heavy atom. The van der Waals surface area contributed by atoms with Crippen molar-refractivity contribution in [1.29, 1.82) is 0 Å². The maximum Gasteiger partial charge on any atom is 0.269 e. The standard InChI is InChI=1S/C11H12BrNO4/c1-7(14)10(6-12)11(15)8-2-4-9(5-3-8)13(16)17/h2-5,10-11,15H,6H2,1H3/t10-,11+/m0/s1. The Balaban J connectivity index is 2.92. The van der Waals surface area contributed by atoms with E-state index in [1.54, 1.807) is 0 Å².